The topological polar surface area (TPSA) is 73.0 Å². The molecule has 0 bridgehead atoms. The van der Waals surface area contributed by atoms with Crippen LogP contribution in [0.15, 0.2) is 29.6 Å². The Balaban J connectivity index is 1.49. The van der Waals surface area contributed by atoms with Gasteiger partial charge >= 0.3 is 0 Å². The highest BCUT2D eigenvalue weighted by Crippen LogP contribution is 2.32. The van der Waals surface area contributed by atoms with Gasteiger partial charge in [0.1, 0.15) is 5.65 Å². The standard InChI is InChI=1S/C19H25N5OS/c1-13-10-22-18-17(13)15(5-7-21-18)24-8-9-26-16(12-24)19(25)23-11-14-4-2-3-6-20-14/h5,7,10,12,14,20H,2-4,6,8-9,11H2,1H3,(H,21,22)(H,23,25)/t14-/m1/s1. The molecule has 1 saturated heterocycles. The summed E-state index contributed by atoms with van der Waals surface area (Å²) in [5, 5.41) is 7.70. The molecule has 1 fully saturated rings. The van der Waals surface area contributed by atoms with Crippen LogP contribution in [0, 0.1) is 6.92 Å². The molecule has 3 N–H and O–H groups in total. The number of nitrogens with one attached hydrogen (secondary N) is 3. The van der Waals surface area contributed by atoms with Gasteiger partial charge in [0, 0.05) is 48.9 Å². The Hall–Kier alpha value is -1.99. The van der Waals surface area contributed by atoms with Gasteiger partial charge in [0.05, 0.1) is 10.6 Å². The highest BCUT2D eigenvalue weighted by molar-refractivity contribution is 8.04. The van der Waals surface area contributed by atoms with Gasteiger partial charge in [-0.2, -0.15) is 0 Å². The van der Waals surface area contributed by atoms with Crippen LogP contribution in [0.2, 0.25) is 0 Å². The number of aromatic nitrogens is 2. The largest absolute Gasteiger partial charge is 0.350 e. The summed E-state index contributed by atoms with van der Waals surface area (Å²) in [5.41, 5.74) is 3.17. The third-order valence-electron chi connectivity index (χ3n) is 5.07. The van der Waals surface area contributed by atoms with E-state index in [1.54, 1.807) is 11.8 Å². The van der Waals surface area contributed by atoms with E-state index in [4.69, 9.17) is 0 Å². The SMILES string of the molecule is Cc1c[nH]c2nccc(N3C=C(C(=O)NC[C@H]4CCCCN4)SCC3)c12. The Morgan fingerprint density at radius 3 is 3.23 bits per heavy atom. The maximum absolute atomic E-state index is 12.6. The van der Waals surface area contributed by atoms with E-state index in [0.29, 0.717) is 12.6 Å². The number of amides is 1. The van der Waals surface area contributed by atoms with E-state index in [1.807, 2.05) is 24.7 Å². The van der Waals surface area contributed by atoms with E-state index in [0.717, 1.165) is 46.9 Å². The molecule has 0 unspecified atom stereocenters. The third kappa shape index (κ3) is 3.59. The van der Waals surface area contributed by atoms with Crippen molar-refractivity contribution >= 4 is 34.4 Å². The van der Waals surface area contributed by atoms with Crippen molar-refractivity contribution in [1.29, 1.82) is 0 Å². The minimum atomic E-state index is 0.0307. The first kappa shape index (κ1) is 17.4. The first-order valence-electron chi connectivity index (χ1n) is 9.28. The molecule has 2 aliphatic rings. The first-order valence-corrected chi connectivity index (χ1v) is 10.3. The smallest absolute Gasteiger partial charge is 0.259 e. The molecule has 0 aliphatic carbocycles. The fourth-order valence-electron chi connectivity index (χ4n) is 3.65. The number of pyridine rings is 1. The number of H-pyrrole nitrogens is 1. The van der Waals surface area contributed by atoms with Crippen molar-refractivity contribution in [3.63, 3.8) is 0 Å². The average Bonchev–Trinajstić information content (AvgIpc) is 3.08. The van der Waals surface area contributed by atoms with Crippen LogP contribution < -0.4 is 15.5 Å². The number of anilines is 1. The molecule has 2 aliphatic heterocycles. The maximum atomic E-state index is 12.6. The van der Waals surface area contributed by atoms with E-state index >= 15 is 0 Å². The number of hydrogen-bond donors (Lipinski definition) is 3. The Kier molecular flexibility index (Phi) is 5.17. The van der Waals surface area contributed by atoms with Gasteiger partial charge in [-0.3, -0.25) is 4.79 Å². The summed E-state index contributed by atoms with van der Waals surface area (Å²) in [6, 6.07) is 2.43. The molecule has 138 valence electrons. The molecule has 0 saturated carbocycles. The lowest BCUT2D eigenvalue weighted by atomic mass is 10.1. The second kappa shape index (κ2) is 7.72. The van der Waals surface area contributed by atoms with Gasteiger partial charge in [-0.1, -0.05) is 6.42 Å². The molecular formula is C19H25N5OS. The van der Waals surface area contributed by atoms with E-state index in [-0.39, 0.29) is 5.91 Å². The number of aryl methyl sites for hydroxylation is 1. The lowest BCUT2D eigenvalue weighted by Gasteiger charge is -2.27. The molecule has 7 heteroatoms. The van der Waals surface area contributed by atoms with Crippen LogP contribution in [0.3, 0.4) is 0 Å². The van der Waals surface area contributed by atoms with Crippen molar-refractivity contribution in [2.24, 2.45) is 0 Å². The minimum absolute atomic E-state index is 0.0307. The van der Waals surface area contributed by atoms with Crippen molar-refractivity contribution in [2.75, 3.05) is 30.3 Å². The highest BCUT2D eigenvalue weighted by atomic mass is 32.2. The quantitative estimate of drug-likeness (QED) is 0.770. The number of aromatic amines is 1. The summed E-state index contributed by atoms with van der Waals surface area (Å²) in [6.45, 7) is 4.72. The summed E-state index contributed by atoms with van der Waals surface area (Å²) in [7, 11) is 0. The molecule has 6 nitrogen and oxygen atoms in total. The molecule has 26 heavy (non-hydrogen) atoms. The van der Waals surface area contributed by atoms with E-state index in [1.165, 1.54) is 18.4 Å². The molecule has 1 amide bonds. The summed E-state index contributed by atoms with van der Waals surface area (Å²) in [5.74, 6) is 0.928. The zero-order valence-electron chi connectivity index (χ0n) is 15.0. The molecule has 2 aromatic rings. The predicted molar refractivity (Wildman–Crippen MR) is 107 cm³/mol. The lowest BCUT2D eigenvalue weighted by Crippen LogP contribution is -2.44. The summed E-state index contributed by atoms with van der Waals surface area (Å²) in [6.07, 6.45) is 9.40. The van der Waals surface area contributed by atoms with Crippen molar-refractivity contribution in [3.05, 3.63) is 35.1 Å². The van der Waals surface area contributed by atoms with Crippen LogP contribution in [0.1, 0.15) is 24.8 Å². The second-order valence-electron chi connectivity index (χ2n) is 6.92. The number of rotatable bonds is 4. The molecular weight excluding hydrogens is 346 g/mol. The Morgan fingerprint density at radius 1 is 1.46 bits per heavy atom. The average molecular weight is 372 g/mol. The van der Waals surface area contributed by atoms with Crippen LogP contribution in [-0.2, 0) is 4.79 Å². The second-order valence-corrected chi connectivity index (χ2v) is 8.05. The first-order chi connectivity index (χ1) is 12.7. The predicted octanol–water partition coefficient (Wildman–Crippen LogP) is 2.52. The Morgan fingerprint density at radius 2 is 2.38 bits per heavy atom. The van der Waals surface area contributed by atoms with Crippen LogP contribution in [0.4, 0.5) is 5.69 Å². The molecule has 0 radical (unpaired) electrons. The maximum Gasteiger partial charge on any atom is 0.259 e. The number of carbonyl (C=O) groups excluding carboxylic acids is 1. The van der Waals surface area contributed by atoms with Crippen LogP contribution in [-0.4, -0.2) is 47.3 Å². The number of nitrogens with zero attached hydrogens (tertiary/aromatic N) is 2. The number of thioether (sulfide) groups is 1. The zero-order chi connectivity index (χ0) is 17.9. The van der Waals surface area contributed by atoms with Gasteiger partial charge < -0.3 is 20.5 Å². The van der Waals surface area contributed by atoms with Gasteiger partial charge in [-0.05, 0) is 37.9 Å². The van der Waals surface area contributed by atoms with Crippen LogP contribution in [0.25, 0.3) is 11.0 Å². The van der Waals surface area contributed by atoms with E-state index in [9.17, 15) is 4.79 Å². The van der Waals surface area contributed by atoms with Gasteiger partial charge in [-0.25, -0.2) is 4.98 Å². The number of carbonyl (C=O) groups is 1. The van der Waals surface area contributed by atoms with Gasteiger partial charge in [0.25, 0.3) is 5.91 Å². The molecule has 1 atom stereocenters. The fraction of sp³-hybridized carbons (Fsp3) is 0.474. The van der Waals surface area contributed by atoms with Gasteiger partial charge in [-0.15, -0.1) is 11.8 Å². The summed E-state index contributed by atoms with van der Waals surface area (Å²) in [4.78, 5) is 23.2. The van der Waals surface area contributed by atoms with Crippen molar-refractivity contribution < 1.29 is 4.79 Å². The Labute approximate surface area is 157 Å². The number of hydrogen-bond acceptors (Lipinski definition) is 5. The summed E-state index contributed by atoms with van der Waals surface area (Å²) >= 11 is 1.63. The van der Waals surface area contributed by atoms with E-state index < -0.39 is 0 Å². The summed E-state index contributed by atoms with van der Waals surface area (Å²) < 4.78 is 0. The molecule has 0 spiro atoms. The molecule has 2 aromatic heterocycles. The molecule has 0 aromatic carbocycles. The normalized spacial score (nSPS) is 20.9. The van der Waals surface area contributed by atoms with Gasteiger partial charge in [0.2, 0.25) is 0 Å². The monoisotopic (exact) mass is 371 g/mol. The minimum Gasteiger partial charge on any atom is -0.350 e. The van der Waals surface area contributed by atoms with Crippen molar-refractivity contribution in [2.45, 2.75) is 32.2 Å². The van der Waals surface area contributed by atoms with Crippen LogP contribution >= 0.6 is 11.8 Å². The number of piperidine rings is 1. The third-order valence-corrected chi connectivity index (χ3v) is 6.05. The van der Waals surface area contributed by atoms with Gasteiger partial charge in [0.15, 0.2) is 0 Å². The van der Waals surface area contributed by atoms with E-state index in [2.05, 4.69) is 32.4 Å². The lowest BCUT2D eigenvalue weighted by molar-refractivity contribution is -0.116. The van der Waals surface area contributed by atoms with Crippen molar-refractivity contribution in [1.82, 2.24) is 20.6 Å². The number of fused-ring (bicyclic) bond motifs is 1. The molecule has 4 rings (SSSR count). The molecule has 4 heterocycles. The van der Waals surface area contributed by atoms with Crippen LogP contribution in [0.5, 0.6) is 0 Å². The zero-order valence-corrected chi connectivity index (χ0v) is 15.9. The van der Waals surface area contributed by atoms with Crippen molar-refractivity contribution in [3.8, 4) is 0 Å². The highest BCUT2D eigenvalue weighted by Gasteiger charge is 2.21. The Bertz CT molecular complexity index is 824. The fourth-order valence-corrected chi connectivity index (χ4v) is 4.56.